The van der Waals surface area contributed by atoms with Gasteiger partial charge >= 0.3 is 0 Å². The molecule has 1 aliphatic heterocycles. The van der Waals surface area contributed by atoms with E-state index < -0.39 is 0 Å². The van der Waals surface area contributed by atoms with Gasteiger partial charge in [0, 0.05) is 50.3 Å². The lowest BCUT2D eigenvalue weighted by molar-refractivity contribution is -0.133. The first-order valence-electron chi connectivity index (χ1n) is 10.4. The number of nitrogens with zero attached hydrogens (tertiary/aromatic N) is 2. The number of anilines is 1. The SMILES string of the molecule is Cc1cccc(NC(=O)CN2CCN(C(=O)CCC(=O)c3ccccc3)CC2)c1C. The fraction of sp³-hybridized carbons (Fsp3) is 0.375. The summed E-state index contributed by atoms with van der Waals surface area (Å²) in [7, 11) is 0. The standard InChI is InChI=1S/C24H29N3O3/c1-18-7-6-10-21(19(18)2)25-23(29)17-26-13-15-27(16-14-26)24(30)12-11-22(28)20-8-4-3-5-9-20/h3-10H,11-17H2,1-2H3,(H,25,29). The molecule has 0 saturated carbocycles. The number of carbonyl (C=O) groups is 3. The third-order valence-corrected chi connectivity index (χ3v) is 5.63. The van der Waals surface area contributed by atoms with Crippen LogP contribution in [0.1, 0.15) is 34.3 Å². The molecule has 0 spiro atoms. The van der Waals surface area contributed by atoms with Gasteiger partial charge in [-0.3, -0.25) is 19.3 Å². The summed E-state index contributed by atoms with van der Waals surface area (Å²) >= 11 is 0. The molecule has 6 heteroatoms. The van der Waals surface area contributed by atoms with Crippen LogP contribution in [0.25, 0.3) is 0 Å². The molecule has 1 saturated heterocycles. The van der Waals surface area contributed by atoms with Crippen LogP contribution in [0, 0.1) is 13.8 Å². The number of hydrogen-bond donors (Lipinski definition) is 1. The molecule has 2 amide bonds. The van der Waals surface area contributed by atoms with Gasteiger partial charge in [-0.15, -0.1) is 0 Å². The highest BCUT2D eigenvalue weighted by molar-refractivity contribution is 5.98. The normalized spacial score (nSPS) is 14.4. The van der Waals surface area contributed by atoms with E-state index in [2.05, 4.69) is 10.2 Å². The Morgan fingerprint density at radius 1 is 0.867 bits per heavy atom. The first-order chi connectivity index (χ1) is 14.4. The summed E-state index contributed by atoms with van der Waals surface area (Å²) in [5.74, 6) is -0.0543. The predicted octanol–water partition coefficient (Wildman–Crippen LogP) is 3.05. The Morgan fingerprint density at radius 3 is 2.27 bits per heavy atom. The zero-order valence-corrected chi connectivity index (χ0v) is 17.7. The molecule has 6 nitrogen and oxygen atoms in total. The largest absolute Gasteiger partial charge is 0.340 e. The van der Waals surface area contributed by atoms with Gasteiger partial charge < -0.3 is 10.2 Å². The van der Waals surface area contributed by atoms with E-state index in [-0.39, 0.29) is 30.4 Å². The van der Waals surface area contributed by atoms with Crippen LogP contribution in [0.3, 0.4) is 0 Å². The van der Waals surface area contributed by atoms with E-state index in [0.717, 1.165) is 16.8 Å². The van der Waals surface area contributed by atoms with Crippen LogP contribution in [0.5, 0.6) is 0 Å². The maximum Gasteiger partial charge on any atom is 0.238 e. The van der Waals surface area contributed by atoms with Gasteiger partial charge in [0.1, 0.15) is 0 Å². The number of hydrogen-bond acceptors (Lipinski definition) is 4. The molecule has 3 rings (SSSR count). The molecule has 0 aromatic heterocycles. The zero-order chi connectivity index (χ0) is 21.5. The van der Waals surface area contributed by atoms with Crippen molar-refractivity contribution in [1.29, 1.82) is 0 Å². The van der Waals surface area contributed by atoms with Crippen molar-refractivity contribution < 1.29 is 14.4 Å². The van der Waals surface area contributed by atoms with Crippen molar-refractivity contribution in [3.63, 3.8) is 0 Å². The number of carbonyl (C=O) groups excluding carboxylic acids is 3. The maximum absolute atomic E-state index is 12.4. The Balaban J connectivity index is 1.41. The fourth-order valence-electron chi connectivity index (χ4n) is 3.58. The van der Waals surface area contributed by atoms with Gasteiger partial charge in [-0.1, -0.05) is 42.5 Å². The second-order valence-electron chi connectivity index (χ2n) is 7.74. The number of ketones is 1. The Labute approximate surface area is 177 Å². The van der Waals surface area contributed by atoms with Gasteiger partial charge in [0.05, 0.1) is 6.54 Å². The topological polar surface area (TPSA) is 69.7 Å². The number of piperazine rings is 1. The molecular formula is C24H29N3O3. The molecule has 1 fully saturated rings. The number of amides is 2. The monoisotopic (exact) mass is 407 g/mol. The highest BCUT2D eigenvalue weighted by atomic mass is 16.2. The molecule has 2 aromatic rings. The minimum atomic E-state index is -0.0445. The smallest absolute Gasteiger partial charge is 0.238 e. The van der Waals surface area contributed by atoms with Gasteiger partial charge in [0.25, 0.3) is 0 Å². The van der Waals surface area contributed by atoms with Crippen LogP contribution in [0.15, 0.2) is 48.5 Å². The molecule has 30 heavy (non-hydrogen) atoms. The summed E-state index contributed by atoms with van der Waals surface area (Å²) < 4.78 is 0. The molecule has 1 heterocycles. The number of benzene rings is 2. The van der Waals surface area contributed by atoms with Crippen molar-refractivity contribution in [2.24, 2.45) is 0 Å². The second-order valence-corrected chi connectivity index (χ2v) is 7.74. The molecule has 1 N–H and O–H groups in total. The lowest BCUT2D eigenvalue weighted by Gasteiger charge is -2.34. The summed E-state index contributed by atoms with van der Waals surface area (Å²) in [5, 5.41) is 2.98. The number of rotatable bonds is 7. The van der Waals surface area contributed by atoms with Gasteiger partial charge in [0.2, 0.25) is 11.8 Å². The molecule has 1 aliphatic rings. The van der Waals surface area contributed by atoms with Crippen molar-refractivity contribution in [2.45, 2.75) is 26.7 Å². The van der Waals surface area contributed by atoms with Gasteiger partial charge in [0.15, 0.2) is 5.78 Å². The molecule has 2 aromatic carbocycles. The average molecular weight is 408 g/mol. The van der Waals surface area contributed by atoms with Crippen molar-refractivity contribution >= 4 is 23.3 Å². The summed E-state index contributed by atoms with van der Waals surface area (Å²) in [4.78, 5) is 40.9. The average Bonchev–Trinajstić information content (AvgIpc) is 2.76. The lowest BCUT2D eigenvalue weighted by Crippen LogP contribution is -2.50. The third-order valence-electron chi connectivity index (χ3n) is 5.63. The minimum absolute atomic E-state index is 0.00114. The van der Waals surface area contributed by atoms with E-state index in [0.29, 0.717) is 38.3 Å². The van der Waals surface area contributed by atoms with Crippen LogP contribution >= 0.6 is 0 Å². The molecule has 0 bridgehead atoms. The van der Waals surface area contributed by atoms with Crippen molar-refractivity contribution in [3.8, 4) is 0 Å². The quantitative estimate of drug-likeness (QED) is 0.717. The number of nitrogens with one attached hydrogen (secondary N) is 1. The highest BCUT2D eigenvalue weighted by Crippen LogP contribution is 2.18. The van der Waals surface area contributed by atoms with Crippen molar-refractivity contribution in [3.05, 3.63) is 65.2 Å². The number of Topliss-reactive ketones (excluding diaryl/α,β-unsaturated/α-hetero) is 1. The van der Waals surface area contributed by atoms with Crippen LogP contribution in [0.2, 0.25) is 0 Å². The van der Waals surface area contributed by atoms with Crippen LogP contribution in [-0.4, -0.2) is 60.1 Å². The van der Waals surface area contributed by atoms with Crippen molar-refractivity contribution in [2.75, 3.05) is 38.0 Å². The Hall–Kier alpha value is -2.99. The van der Waals surface area contributed by atoms with Gasteiger partial charge in [-0.05, 0) is 31.0 Å². The Kier molecular flexibility index (Phi) is 7.36. The van der Waals surface area contributed by atoms with Crippen LogP contribution < -0.4 is 5.32 Å². The fourth-order valence-corrected chi connectivity index (χ4v) is 3.58. The van der Waals surface area contributed by atoms with E-state index in [1.54, 1.807) is 17.0 Å². The Morgan fingerprint density at radius 2 is 1.57 bits per heavy atom. The molecular weight excluding hydrogens is 378 g/mol. The van der Waals surface area contributed by atoms with E-state index in [1.807, 2.05) is 50.2 Å². The van der Waals surface area contributed by atoms with E-state index in [1.165, 1.54) is 0 Å². The summed E-state index contributed by atoms with van der Waals surface area (Å²) in [6.45, 7) is 6.79. The maximum atomic E-state index is 12.4. The summed E-state index contributed by atoms with van der Waals surface area (Å²) in [6, 6.07) is 14.9. The highest BCUT2D eigenvalue weighted by Gasteiger charge is 2.23. The van der Waals surface area contributed by atoms with E-state index in [9.17, 15) is 14.4 Å². The van der Waals surface area contributed by atoms with Crippen LogP contribution in [-0.2, 0) is 9.59 Å². The second kappa shape index (κ2) is 10.2. The number of aryl methyl sites for hydroxylation is 1. The first-order valence-corrected chi connectivity index (χ1v) is 10.4. The summed E-state index contributed by atoms with van der Waals surface area (Å²) in [6.07, 6.45) is 0.447. The molecule has 0 radical (unpaired) electrons. The first kappa shape index (κ1) is 21.7. The van der Waals surface area contributed by atoms with Crippen molar-refractivity contribution in [1.82, 2.24) is 9.80 Å². The molecule has 0 aliphatic carbocycles. The predicted molar refractivity (Wildman–Crippen MR) is 118 cm³/mol. The third kappa shape index (κ3) is 5.76. The van der Waals surface area contributed by atoms with Gasteiger partial charge in [-0.2, -0.15) is 0 Å². The Bertz CT molecular complexity index is 903. The minimum Gasteiger partial charge on any atom is -0.340 e. The lowest BCUT2D eigenvalue weighted by atomic mass is 10.1. The van der Waals surface area contributed by atoms with E-state index in [4.69, 9.17) is 0 Å². The zero-order valence-electron chi connectivity index (χ0n) is 17.7. The van der Waals surface area contributed by atoms with E-state index >= 15 is 0 Å². The molecule has 158 valence electrons. The summed E-state index contributed by atoms with van der Waals surface area (Å²) in [5.41, 5.74) is 3.71. The van der Waals surface area contributed by atoms with Gasteiger partial charge in [-0.25, -0.2) is 0 Å². The van der Waals surface area contributed by atoms with Crippen LogP contribution in [0.4, 0.5) is 5.69 Å². The molecule has 0 atom stereocenters. The molecule has 0 unspecified atom stereocenters.